The average molecular weight is 523 g/mol. The van der Waals surface area contributed by atoms with E-state index in [9.17, 15) is 9.59 Å². The van der Waals surface area contributed by atoms with Crippen LogP contribution in [0.5, 0.6) is 0 Å². The van der Waals surface area contributed by atoms with Gasteiger partial charge in [-0.15, -0.1) is 4.59 Å². The topological polar surface area (TPSA) is 145 Å². The van der Waals surface area contributed by atoms with E-state index in [2.05, 4.69) is 15.0 Å². The zero-order valence-electron chi connectivity index (χ0n) is 21.2. The normalized spacial score (nSPS) is 23.9. The van der Waals surface area contributed by atoms with Crippen molar-refractivity contribution in [2.24, 2.45) is 33.4 Å². The molecular formula is C29H28N7O3+. The van der Waals surface area contributed by atoms with E-state index in [1.807, 2.05) is 66.9 Å². The van der Waals surface area contributed by atoms with Crippen molar-refractivity contribution in [3.63, 3.8) is 0 Å². The Labute approximate surface area is 224 Å². The van der Waals surface area contributed by atoms with Gasteiger partial charge in [-0.3, -0.25) is 9.79 Å². The molecule has 1 saturated carbocycles. The molecule has 196 valence electrons. The number of quaternary nitrogens is 1. The number of benzene rings is 2. The van der Waals surface area contributed by atoms with E-state index in [4.69, 9.17) is 21.6 Å². The highest BCUT2D eigenvalue weighted by atomic mass is 16.6. The molecule has 0 saturated heterocycles. The lowest BCUT2D eigenvalue weighted by atomic mass is 9.80. The molecule has 39 heavy (non-hydrogen) atoms. The Morgan fingerprint density at radius 3 is 2.54 bits per heavy atom. The van der Waals surface area contributed by atoms with Gasteiger partial charge in [-0.2, -0.15) is 10.8 Å². The molecule has 6 rings (SSSR count). The van der Waals surface area contributed by atoms with E-state index < -0.39 is 12.1 Å². The summed E-state index contributed by atoms with van der Waals surface area (Å²) in [5.41, 5.74) is 9.33. The Kier molecular flexibility index (Phi) is 6.26. The maximum Gasteiger partial charge on any atom is 0.412 e. The Hall–Kier alpha value is -4.67. The quantitative estimate of drug-likeness (QED) is 0.193. The average Bonchev–Trinajstić information content (AvgIpc) is 3.26. The number of hydrogen-bond donors (Lipinski definition) is 3. The summed E-state index contributed by atoms with van der Waals surface area (Å²) >= 11 is 0. The van der Waals surface area contributed by atoms with Crippen LogP contribution in [-0.2, 0) is 9.53 Å². The number of ether oxygens (including phenoxy) is 1. The fraction of sp³-hybridized carbons (Fsp3) is 0.207. The number of pyridine rings is 1. The first kappa shape index (κ1) is 24.7. The first-order valence-electron chi connectivity index (χ1n) is 12.9. The van der Waals surface area contributed by atoms with Crippen LogP contribution in [-0.4, -0.2) is 33.7 Å². The van der Waals surface area contributed by atoms with Crippen LogP contribution in [0.3, 0.4) is 0 Å². The molecule has 1 atom stereocenters. The van der Waals surface area contributed by atoms with E-state index in [0.29, 0.717) is 31.5 Å². The second-order valence-corrected chi connectivity index (χ2v) is 9.94. The van der Waals surface area contributed by atoms with Gasteiger partial charge in [0.1, 0.15) is 17.7 Å². The Bertz CT molecular complexity index is 1590. The molecule has 3 aliphatic rings. The number of para-hydroxylation sites is 1. The summed E-state index contributed by atoms with van der Waals surface area (Å²) in [6, 6.07) is 19.9. The summed E-state index contributed by atoms with van der Waals surface area (Å²) in [7, 11) is 0. The number of anilines is 2. The number of nitrogens with two attached hydrogens (primary N) is 2. The van der Waals surface area contributed by atoms with E-state index in [1.165, 1.54) is 0 Å². The smallest absolute Gasteiger partial charge is 0.376 e. The van der Waals surface area contributed by atoms with Crippen molar-refractivity contribution in [3.8, 4) is 0 Å². The number of aromatic nitrogens is 1. The maximum absolute atomic E-state index is 12.2. The third kappa shape index (κ3) is 4.71. The van der Waals surface area contributed by atoms with Crippen LogP contribution in [0.2, 0.25) is 0 Å². The highest BCUT2D eigenvalue weighted by Gasteiger charge is 2.46. The molecule has 5 N–H and O–H groups in total. The molecular weight excluding hydrogens is 494 g/mol. The monoisotopic (exact) mass is 522 g/mol. The van der Waals surface area contributed by atoms with Gasteiger partial charge in [0.25, 0.3) is 5.84 Å². The number of aliphatic imine (C=N–C) groups is 2. The van der Waals surface area contributed by atoms with Crippen LogP contribution in [0, 0.1) is 11.8 Å². The van der Waals surface area contributed by atoms with Crippen molar-refractivity contribution in [1.82, 2.24) is 4.98 Å². The minimum absolute atomic E-state index is 0.0874. The number of fused-ring (bicyclic) bond motifs is 2. The third-order valence-electron chi connectivity index (χ3n) is 7.47. The van der Waals surface area contributed by atoms with E-state index in [0.717, 1.165) is 39.4 Å². The van der Waals surface area contributed by atoms with Crippen molar-refractivity contribution in [2.45, 2.75) is 25.7 Å². The summed E-state index contributed by atoms with van der Waals surface area (Å²) < 4.78 is 4.51. The van der Waals surface area contributed by atoms with Crippen LogP contribution < -0.4 is 16.9 Å². The molecule has 0 radical (unpaired) electrons. The molecule has 2 aromatic carbocycles. The maximum atomic E-state index is 12.2. The van der Waals surface area contributed by atoms with Gasteiger partial charge in [0, 0.05) is 17.0 Å². The molecule has 1 fully saturated rings. The Morgan fingerprint density at radius 2 is 1.77 bits per heavy atom. The van der Waals surface area contributed by atoms with Crippen molar-refractivity contribution in [3.05, 3.63) is 90.0 Å². The zero-order chi connectivity index (χ0) is 27.0. The van der Waals surface area contributed by atoms with Gasteiger partial charge in [-0.25, -0.2) is 9.78 Å². The number of allylic oxidation sites excluding steroid dienone is 2. The predicted molar refractivity (Wildman–Crippen MR) is 148 cm³/mol. The SMILES string of the molecule is NC(=O)OC(=O)C1CCC(C2=C3C=NC=C[N+]3(N)C(c3ccc4ccc(Nc5ccccc5)nc4c3)=N2)CC1. The van der Waals surface area contributed by atoms with Crippen LogP contribution in [0.25, 0.3) is 10.9 Å². The molecule has 3 heterocycles. The second-order valence-electron chi connectivity index (χ2n) is 9.94. The van der Waals surface area contributed by atoms with Gasteiger partial charge >= 0.3 is 12.1 Å². The van der Waals surface area contributed by atoms with Crippen LogP contribution >= 0.6 is 0 Å². The number of carbonyl (C=O) groups excluding carboxylic acids is 2. The summed E-state index contributed by atoms with van der Waals surface area (Å²) in [4.78, 5) is 37.4. The second kappa shape index (κ2) is 9.90. The molecule has 10 nitrogen and oxygen atoms in total. The zero-order valence-corrected chi connectivity index (χ0v) is 21.2. The molecule has 1 unspecified atom stereocenters. The highest BCUT2D eigenvalue weighted by Crippen LogP contribution is 2.41. The van der Waals surface area contributed by atoms with E-state index in [1.54, 1.807) is 12.4 Å². The van der Waals surface area contributed by atoms with Crippen molar-refractivity contribution in [2.75, 3.05) is 5.32 Å². The fourth-order valence-electron chi connectivity index (χ4n) is 5.49. The molecule has 3 aromatic rings. The minimum atomic E-state index is -1.07. The molecule has 0 spiro atoms. The number of amides is 1. The van der Waals surface area contributed by atoms with Crippen molar-refractivity contribution < 1.29 is 18.9 Å². The van der Waals surface area contributed by atoms with Crippen LogP contribution in [0.15, 0.2) is 94.4 Å². The number of primary amides is 1. The summed E-state index contributed by atoms with van der Waals surface area (Å²) in [5, 5.41) is 4.35. The van der Waals surface area contributed by atoms with Crippen molar-refractivity contribution in [1.29, 1.82) is 0 Å². The number of hydrogen-bond acceptors (Lipinski definition) is 8. The fourth-order valence-corrected chi connectivity index (χ4v) is 5.49. The summed E-state index contributed by atoms with van der Waals surface area (Å²) in [6.07, 6.45) is 6.77. The molecule has 2 aliphatic heterocycles. The van der Waals surface area contributed by atoms with E-state index in [-0.39, 0.29) is 16.4 Å². The van der Waals surface area contributed by atoms with Gasteiger partial charge in [-0.1, -0.05) is 24.3 Å². The molecule has 1 aromatic heterocycles. The number of nitrogens with zero attached hydrogens (tertiary/aromatic N) is 4. The number of esters is 1. The first-order valence-corrected chi connectivity index (χ1v) is 12.9. The van der Waals surface area contributed by atoms with Gasteiger partial charge < -0.3 is 15.8 Å². The summed E-state index contributed by atoms with van der Waals surface area (Å²) in [6.45, 7) is 0. The Balaban J connectivity index is 1.29. The number of amidine groups is 1. The molecule has 1 amide bonds. The lowest BCUT2D eigenvalue weighted by Crippen LogP contribution is -2.53. The lowest BCUT2D eigenvalue weighted by molar-refractivity contribution is -0.750. The van der Waals surface area contributed by atoms with Gasteiger partial charge in [0.15, 0.2) is 0 Å². The minimum Gasteiger partial charge on any atom is -0.376 e. The largest absolute Gasteiger partial charge is 0.412 e. The standard InChI is InChI=1S/C29H27N7O3/c30-29(38)39-28(37)20-9-7-19(8-10-20)26-24-17-32-14-15-36(24,31)27(35-26)21-11-6-18-12-13-25(34-23(18)16-21)33-22-4-2-1-3-5-22/h1-6,11-17,19-20H,7-10,31H2,(H2-,30,33,34,38)/p+1. The molecule has 1 aliphatic carbocycles. The van der Waals surface area contributed by atoms with Crippen LogP contribution in [0.1, 0.15) is 31.2 Å². The number of carbonyl (C=O) groups is 2. The lowest BCUT2D eigenvalue weighted by Gasteiger charge is -2.28. The highest BCUT2D eigenvalue weighted by molar-refractivity contribution is 6.02. The third-order valence-corrected chi connectivity index (χ3v) is 7.47. The van der Waals surface area contributed by atoms with Gasteiger partial charge in [0.2, 0.25) is 5.70 Å². The van der Waals surface area contributed by atoms with Gasteiger partial charge in [-0.05, 0) is 62.1 Å². The molecule has 0 bridgehead atoms. The predicted octanol–water partition coefficient (Wildman–Crippen LogP) is 4.62. The number of rotatable bonds is 5. The number of nitrogens with one attached hydrogen (secondary N) is 1. The van der Waals surface area contributed by atoms with Gasteiger partial charge in [0.05, 0.1) is 29.4 Å². The molecule has 10 heteroatoms. The van der Waals surface area contributed by atoms with Crippen LogP contribution in [0.4, 0.5) is 16.3 Å². The van der Waals surface area contributed by atoms with E-state index >= 15 is 0 Å². The Morgan fingerprint density at radius 1 is 1.00 bits per heavy atom. The summed E-state index contributed by atoms with van der Waals surface area (Å²) in [5.74, 6) is 7.55. The van der Waals surface area contributed by atoms with Crippen molar-refractivity contribution >= 4 is 46.5 Å². The first-order chi connectivity index (χ1) is 18.9.